The summed E-state index contributed by atoms with van der Waals surface area (Å²) in [5.41, 5.74) is 10.2. The Morgan fingerprint density at radius 2 is 0.515 bits per heavy atom. The molecule has 0 saturated heterocycles. The van der Waals surface area contributed by atoms with Crippen LogP contribution in [0.25, 0.3) is 0 Å². The minimum Gasteiger partial charge on any atom is -0.426 e. The minimum atomic E-state index is -1.69. The molecule has 0 fully saturated rings. The van der Waals surface area contributed by atoms with E-state index in [1.807, 2.05) is 0 Å². The van der Waals surface area contributed by atoms with Gasteiger partial charge in [-0.2, -0.15) is 0 Å². The molecule has 0 amide bonds. The van der Waals surface area contributed by atoms with Crippen molar-refractivity contribution in [3.63, 3.8) is 0 Å². The van der Waals surface area contributed by atoms with Gasteiger partial charge in [0.15, 0.2) is 0 Å². The molecular weight excluding hydrogens is 1260 g/mol. The highest BCUT2D eigenvalue weighted by atomic mass is 31.2. The Labute approximate surface area is 603 Å². The molecule has 0 aliphatic rings. The van der Waals surface area contributed by atoms with Crippen LogP contribution in [0.4, 0.5) is 0 Å². The van der Waals surface area contributed by atoms with Gasteiger partial charge in [0.05, 0.1) is 39.6 Å². The molecule has 7 unspecified atom stereocenters. The lowest BCUT2D eigenvalue weighted by molar-refractivity contribution is 0.151. The van der Waals surface area contributed by atoms with Gasteiger partial charge in [0.25, 0.3) is 0 Å². The summed E-state index contributed by atoms with van der Waals surface area (Å²) in [6.45, 7) is 61.5. The zero-order valence-electron chi connectivity index (χ0n) is 67.5. The molecule has 3 rings (SSSR count). The van der Waals surface area contributed by atoms with E-state index >= 15 is 0 Å². The summed E-state index contributed by atoms with van der Waals surface area (Å²) >= 11 is 0. The van der Waals surface area contributed by atoms with E-state index in [1.165, 1.54) is 116 Å². The van der Waals surface area contributed by atoms with Crippen LogP contribution in [-0.4, -0.2) is 39.6 Å². The third-order valence-electron chi connectivity index (χ3n) is 20.7. The average Bonchev–Trinajstić information content (AvgIpc) is 0.770. The van der Waals surface area contributed by atoms with Gasteiger partial charge in [-0.3, -0.25) is 0 Å². The van der Waals surface area contributed by atoms with Crippen molar-refractivity contribution in [1.29, 1.82) is 0 Å². The number of hydrogen-bond acceptors (Lipinski definition) is 9. The summed E-state index contributed by atoms with van der Waals surface area (Å²) in [7, 11) is -5.03. The van der Waals surface area contributed by atoms with Crippen molar-refractivity contribution in [2.24, 2.45) is 35.5 Å². The molecule has 3 aromatic carbocycles. The monoisotopic (exact) mass is 1410 g/mol. The first kappa shape index (κ1) is 89.3. The van der Waals surface area contributed by atoms with E-state index in [4.69, 9.17) is 40.7 Å². The fourth-order valence-corrected chi connectivity index (χ4v) is 16.6. The molecule has 7 atom stereocenters. The van der Waals surface area contributed by atoms with Crippen molar-refractivity contribution in [1.82, 2.24) is 0 Å². The lowest BCUT2D eigenvalue weighted by atomic mass is 9.74. The number of unbranched alkanes of at least 4 members (excludes halogenated alkanes) is 6. The number of benzene rings is 3. The maximum absolute atomic E-state index is 7.25. The molecule has 0 heterocycles. The molecule has 0 aliphatic heterocycles. The van der Waals surface area contributed by atoms with Crippen LogP contribution in [0.3, 0.4) is 0 Å². The molecular formula is C85H151O9P3. The van der Waals surface area contributed by atoms with Crippen LogP contribution in [0.15, 0.2) is 36.4 Å². The summed E-state index contributed by atoms with van der Waals surface area (Å²) in [5, 5.41) is 0. The first-order valence-electron chi connectivity index (χ1n) is 39.8. The maximum Gasteiger partial charge on any atom is 0.397 e. The van der Waals surface area contributed by atoms with E-state index in [9.17, 15) is 0 Å². The molecule has 0 bridgehead atoms. The van der Waals surface area contributed by atoms with Crippen LogP contribution in [0.2, 0.25) is 0 Å². The normalized spacial score (nSPS) is 15.9. The van der Waals surface area contributed by atoms with Crippen molar-refractivity contribution in [2.75, 3.05) is 39.6 Å². The molecule has 0 saturated carbocycles. The molecule has 0 aliphatic carbocycles. The number of rotatable bonds is 53. The molecule has 3 aromatic rings. The topological polar surface area (TPSA) is 83.1 Å². The van der Waals surface area contributed by atoms with E-state index in [2.05, 4.69) is 209 Å². The van der Waals surface area contributed by atoms with Crippen LogP contribution < -0.4 is 13.6 Å². The fourth-order valence-electron chi connectivity index (χ4n) is 13.2. The molecule has 12 heteroatoms. The van der Waals surface area contributed by atoms with Crippen molar-refractivity contribution < 1.29 is 40.7 Å². The van der Waals surface area contributed by atoms with Gasteiger partial charge in [0.2, 0.25) is 0 Å². The second-order valence-electron chi connectivity index (χ2n) is 32.3. The van der Waals surface area contributed by atoms with Crippen LogP contribution in [0, 0.1) is 56.3 Å². The van der Waals surface area contributed by atoms with Gasteiger partial charge in [0, 0.05) is 22.6 Å². The quantitative estimate of drug-likeness (QED) is 0.0513. The molecule has 0 spiro atoms. The van der Waals surface area contributed by atoms with E-state index in [0.717, 1.165) is 112 Å². The average molecular weight is 1410 g/mol. The van der Waals surface area contributed by atoms with Crippen LogP contribution >= 0.6 is 25.8 Å². The van der Waals surface area contributed by atoms with Gasteiger partial charge in [0.1, 0.15) is 17.2 Å². The summed E-state index contributed by atoms with van der Waals surface area (Å²) in [6, 6.07) is 14.4. The Kier molecular flexibility index (Phi) is 43.7. The van der Waals surface area contributed by atoms with Gasteiger partial charge in [-0.1, -0.05) is 286 Å². The summed E-state index contributed by atoms with van der Waals surface area (Å²) in [5.74, 6) is 5.43. The summed E-state index contributed by atoms with van der Waals surface area (Å²) in [6.07, 6.45) is 28.4. The number of aryl methyl sites for hydroxylation is 3. The second-order valence-corrected chi connectivity index (χ2v) is 35.7. The molecule has 9 nitrogen and oxygen atoms in total. The highest BCUT2D eigenvalue weighted by Crippen LogP contribution is 2.53. The third kappa shape index (κ3) is 31.9. The zero-order valence-corrected chi connectivity index (χ0v) is 70.2. The summed E-state index contributed by atoms with van der Waals surface area (Å²) in [4.78, 5) is 0. The SMILES string of the molecule is CCCCC(CC)COP(OCC(CC)CCCC)Oc1cc(C)c(C(C)CC(c2cc(C(C)(C)C)c(OP(OCC(CC)CCCC)OCC(CC)CCCC)cc2C)c2cc(C(C)(C)C)c(OP(OCC(CC)CCCC)OCC(CC)CCCC)cc2C)cc1C(C)(C)C. The van der Waals surface area contributed by atoms with Gasteiger partial charge in [-0.15, -0.1) is 0 Å². The second kappa shape index (κ2) is 47.5. The van der Waals surface area contributed by atoms with Crippen molar-refractivity contribution >= 4 is 25.8 Å². The standard InChI is InChI=1S/C85H151O9P3/c1-26-38-44-67(32-7)57-86-95(87-58-68(33-8)45-39-27-2)92-80-51-64(14)73(54-77(80)83(17,18)19)63(13)50-76(74-55-78(84(20,21)22)81(52-65(74)15)93-96(88-59-69(34-9)46-40-28-3)89-60-70(35-10)47-41-29-4)75-56-79(85(23,24)25)82(53-66(75)16)94-97(90-61-71(36-11)48-42-30-5)91-62-72(37-12)49-43-31-6/h51-56,63,67-72,76H,26-50,57-62H2,1-25H3. The van der Waals surface area contributed by atoms with Crippen molar-refractivity contribution in [3.05, 3.63) is 86.5 Å². The van der Waals surface area contributed by atoms with E-state index < -0.39 is 25.8 Å². The fraction of sp³-hybridized carbons (Fsp3) is 0.788. The Bertz CT molecular complexity index is 2400. The predicted octanol–water partition coefficient (Wildman–Crippen LogP) is 29.0. The Balaban J connectivity index is 2.46. The Morgan fingerprint density at radius 1 is 0.309 bits per heavy atom. The smallest absolute Gasteiger partial charge is 0.397 e. The Hall–Kier alpha value is -1.89. The Morgan fingerprint density at radius 3 is 0.711 bits per heavy atom. The predicted molar refractivity (Wildman–Crippen MR) is 423 cm³/mol. The van der Waals surface area contributed by atoms with Gasteiger partial charge in [-0.05, 0) is 175 Å². The third-order valence-corrected chi connectivity index (χ3v) is 23.9. The molecule has 0 aromatic heterocycles. The highest BCUT2D eigenvalue weighted by Gasteiger charge is 2.35. The van der Waals surface area contributed by atoms with Crippen molar-refractivity contribution in [2.45, 2.75) is 362 Å². The minimum absolute atomic E-state index is 0.0228. The lowest BCUT2D eigenvalue weighted by Crippen LogP contribution is -2.19. The van der Waals surface area contributed by atoms with E-state index in [-0.39, 0.29) is 28.1 Å². The van der Waals surface area contributed by atoms with Crippen LogP contribution in [0.5, 0.6) is 17.2 Å². The molecule has 560 valence electrons. The first-order valence-corrected chi connectivity index (χ1v) is 43.1. The molecule has 0 N–H and O–H groups in total. The number of hydrogen-bond donors (Lipinski definition) is 0. The van der Waals surface area contributed by atoms with E-state index in [0.29, 0.717) is 75.1 Å². The van der Waals surface area contributed by atoms with Gasteiger partial charge >= 0.3 is 25.8 Å². The van der Waals surface area contributed by atoms with E-state index in [1.54, 1.807) is 0 Å². The van der Waals surface area contributed by atoms with Gasteiger partial charge in [-0.25, -0.2) is 0 Å². The molecule has 97 heavy (non-hydrogen) atoms. The van der Waals surface area contributed by atoms with Crippen molar-refractivity contribution in [3.8, 4) is 17.2 Å². The van der Waals surface area contributed by atoms with Gasteiger partial charge < -0.3 is 40.7 Å². The maximum atomic E-state index is 7.25. The van der Waals surface area contributed by atoms with Crippen LogP contribution in [-0.2, 0) is 43.4 Å². The lowest BCUT2D eigenvalue weighted by Gasteiger charge is -2.33. The summed E-state index contributed by atoms with van der Waals surface area (Å²) < 4.78 is 62.8. The highest BCUT2D eigenvalue weighted by molar-refractivity contribution is 7.42. The largest absolute Gasteiger partial charge is 0.426 e. The molecule has 0 radical (unpaired) electrons. The van der Waals surface area contributed by atoms with Crippen LogP contribution in [0.1, 0.15) is 375 Å². The first-order chi connectivity index (χ1) is 46.1. The zero-order chi connectivity index (χ0) is 72.3.